The molecule has 0 atom stereocenters. The van der Waals surface area contributed by atoms with Gasteiger partial charge in [0.25, 0.3) is 0 Å². The van der Waals surface area contributed by atoms with E-state index in [0.717, 1.165) is 12.8 Å². The van der Waals surface area contributed by atoms with Gasteiger partial charge in [0, 0.05) is 35.4 Å². The summed E-state index contributed by atoms with van der Waals surface area (Å²) in [5, 5.41) is 0.546. The average molecular weight is 240 g/mol. The van der Waals surface area contributed by atoms with Gasteiger partial charge in [0.05, 0.1) is 0 Å². The second-order valence-electron chi connectivity index (χ2n) is 3.98. The molecule has 2 rings (SSSR count). The molecule has 0 bridgehead atoms. The van der Waals surface area contributed by atoms with Crippen molar-refractivity contribution in [2.75, 3.05) is 18.9 Å². The Labute approximate surface area is 99.5 Å². The van der Waals surface area contributed by atoms with Gasteiger partial charge in [-0.05, 0) is 31.0 Å². The minimum atomic E-state index is 0.0227. The molecule has 1 aromatic carbocycles. The van der Waals surface area contributed by atoms with Crippen molar-refractivity contribution in [3.63, 3.8) is 0 Å². The molecule has 0 aliphatic carbocycles. The topological polar surface area (TPSA) is 52.3 Å². The molecule has 0 unspecified atom stereocenters. The minimum Gasteiger partial charge on any atom is -0.398 e. The Morgan fingerprint density at radius 3 is 2.75 bits per heavy atom. The summed E-state index contributed by atoms with van der Waals surface area (Å²) in [6.07, 6.45) is 1.54. The first-order chi connectivity index (χ1) is 7.68. The molecule has 3 nitrogen and oxygen atoms in total. The van der Waals surface area contributed by atoms with Crippen molar-refractivity contribution < 1.29 is 9.53 Å². The van der Waals surface area contributed by atoms with E-state index in [1.165, 1.54) is 0 Å². The van der Waals surface area contributed by atoms with Gasteiger partial charge in [0.2, 0.25) is 0 Å². The molecule has 86 valence electrons. The number of nitrogen functional groups attached to an aromatic ring is 1. The van der Waals surface area contributed by atoms with Gasteiger partial charge in [0.15, 0.2) is 5.78 Å². The predicted octanol–water partition coefficient (Wildman–Crippen LogP) is 2.53. The van der Waals surface area contributed by atoms with Crippen molar-refractivity contribution in [2.45, 2.75) is 12.8 Å². The SMILES string of the molecule is Nc1ccc(Cl)cc1C(=O)C1CCOCC1. The fourth-order valence-corrected chi connectivity index (χ4v) is 2.09. The molecule has 2 N–H and O–H groups in total. The molecule has 0 aromatic heterocycles. The second kappa shape index (κ2) is 4.85. The maximum atomic E-state index is 12.2. The molecular formula is C12H14ClNO2. The highest BCUT2D eigenvalue weighted by Gasteiger charge is 2.24. The molecule has 1 aliphatic heterocycles. The Morgan fingerprint density at radius 1 is 1.38 bits per heavy atom. The highest BCUT2D eigenvalue weighted by molar-refractivity contribution is 6.31. The molecule has 4 heteroatoms. The molecule has 0 spiro atoms. The van der Waals surface area contributed by atoms with E-state index in [9.17, 15) is 4.79 Å². The van der Waals surface area contributed by atoms with Gasteiger partial charge in [-0.15, -0.1) is 0 Å². The third-order valence-electron chi connectivity index (χ3n) is 2.87. The van der Waals surface area contributed by atoms with Crippen LogP contribution in [0.2, 0.25) is 5.02 Å². The van der Waals surface area contributed by atoms with E-state index in [2.05, 4.69) is 0 Å². The van der Waals surface area contributed by atoms with E-state index in [1.807, 2.05) is 0 Å². The monoisotopic (exact) mass is 239 g/mol. The van der Waals surface area contributed by atoms with Crippen molar-refractivity contribution in [1.82, 2.24) is 0 Å². The molecule has 1 fully saturated rings. The first kappa shape index (κ1) is 11.4. The zero-order chi connectivity index (χ0) is 11.5. The Balaban J connectivity index is 2.22. The highest BCUT2D eigenvalue weighted by atomic mass is 35.5. The van der Waals surface area contributed by atoms with Crippen LogP contribution in [0.25, 0.3) is 0 Å². The zero-order valence-electron chi connectivity index (χ0n) is 8.91. The maximum absolute atomic E-state index is 12.2. The first-order valence-electron chi connectivity index (χ1n) is 5.35. The van der Waals surface area contributed by atoms with E-state index in [1.54, 1.807) is 18.2 Å². The molecule has 1 heterocycles. The summed E-state index contributed by atoms with van der Waals surface area (Å²) < 4.78 is 5.23. The number of benzene rings is 1. The first-order valence-corrected chi connectivity index (χ1v) is 5.73. The summed E-state index contributed by atoms with van der Waals surface area (Å²) in [7, 11) is 0. The third-order valence-corrected chi connectivity index (χ3v) is 3.11. The predicted molar refractivity (Wildman–Crippen MR) is 63.7 cm³/mol. The third kappa shape index (κ3) is 2.36. The van der Waals surface area contributed by atoms with Gasteiger partial charge in [-0.25, -0.2) is 0 Å². The van der Waals surface area contributed by atoms with E-state index >= 15 is 0 Å². The average Bonchev–Trinajstić information content (AvgIpc) is 2.32. The van der Waals surface area contributed by atoms with Crippen LogP contribution in [-0.2, 0) is 4.74 Å². The van der Waals surface area contributed by atoms with Crippen LogP contribution in [0.15, 0.2) is 18.2 Å². The maximum Gasteiger partial charge on any atom is 0.168 e. The van der Waals surface area contributed by atoms with Crippen molar-refractivity contribution >= 4 is 23.1 Å². The van der Waals surface area contributed by atoms with Crippen molar-refractivity contribution in [2.24, 2.45) is 5.92 Å². The molecule has 0 saturated carbocycles. The number of halogens is 1. The summed E-state index contributed by atoms with van der Waals surface area (Å²) in [6.45, 7) is 1.30. The molecule has 1 aliphatic rings. The quantitative estimate of drug-likeness (QED) is 0.637. The number of carbonyl (C=O) groups is 1. The van der Waals surface area contributed by atoms with E-state index in [-0.39, 0.29) is 11.7 Å². The lowest BCUT2D eigenvalue weighted by Crippen LogP contribution is -2.24. The smallest absolute Gasteiger partial charge is 0.168 e. The standard InChI is InChI=1S/C12H14ClNO2/c13-9-1-2-11(14)10(7-9)12(15)8-3-5-16-6-4-8/h1-2,7-8H,3-6,14H2. The number of nitrogens with two attached hydrogens (primary N) is 1. The number of carbonyl (C=O) groups excluding carboxylic acids is 1. The molecule has 1 aromatic rings. The Morgan fingerprint density at radius 2 is 2.06 bits per heavy atom. The minimum absolute atomic E-state index is 0.0227. The lowest BCUT2D eigenvalue weighted by Gasteiger charge is -2.21. The second-order valence-corrected chi connectivity index (χ2v) is 4.42. The molecule has 1 saturated heterocycles. The van der Waals surface area contributed by atoms with Crippen LogP contribution in [0.1, 0.15) is 23.2 Å². The van der Waals surface area contributed by atoms with E-state index < -0.39 is 0 Å². The number of hydrogen-bond acceptors (Lipinski definition) is 3. The van der Waals surface area contributed by atoms with Gasteiger partial charge in [-0.1, -0.05) is 11.6 Å². The highest BCUT2D eigenvalue weighted by Crippen LogP contribution is 2.25. The van der Waals surface area contributed by atoms with Gasteiger partial charge < -0.3 is 10.5 Å². The van der Waals surface area contributed by atoms with Crippen LogP contribution < -0.4 is 5.73 Å². The lowest BCUT2D eigenvalue weighted by atomic mass is 9.90. The number of ketones is 1. The van der Waals surface area contributed by atoms with Gasteiger partial charge >= 0.3 is 0 Å². The van der Waals surface area contributed by atoms with Crippen LogP contribution in [0.3, 0.4) is 0 Å². The van der Waals surface area contributed by atoms with Crippen LogP contribution in [-0.4, -0.2) is 19.0 Å². The van der Waals surface area contributed by atoms with E-state index in [0.29, 0.717) is 29.5 Å². The molecular weight excluding hydrogens is 226 g/mol. The summed E-state index contributed by atoms with van der Waals surface area (Å²) in [5.41, 5.74) is 6.83. The van der Waals surface area contributed by atoms with Crippen LogP contribution in [0.5, 0.6) is 0 Å². The van der Waals surface area contributed by atoms with Crippen molar-refractivity contribution in [1.29, 1.82) is 0 Å². The largest absolute Gasteiger partial charge is 0.398 e. The van der Waals surface area contributed by atoms with Crippen molar-refractivity contribution in [3.8, 4) is 0 Å². The lowest BCUT2D eigenvalue weighted by molar-refractivity contribution is 0.0545. The zero-order valence-corrected chi connectivity index (χ0v) is 9.67. The summed E-state index contributed by atoms with van der Waals surface area (Å²) >= 11 is 5.87. The fraction of sp³-hybridized carbons (Fsp3) is 0.417. The van der Waals surface area contributed by atoms with Crippen LogP contribution in [0, 0.1) is 5.92 Å². The van der Waals surface area contributed by atoms with E-state index in [4.69, 9.17) is 22.1 Å². The van der Waals surface area contributed by atoms with Gasteiger partial charge in [0.1, 0.15) is 0 Å². The summed E-state index contributed by atoms with van der Waals surface area (Å²) in [4.78, 5) is 12.2. The summed E-state index contributed by atoms with van der Waals surface area (Å²) in [6, 6.07) is 5.02. The fourth-order valence-electron chi connectivity index (χ4n) is 1.92. The number of Topliss-reactive ketones (excluding diaryl/α,β-unsaturated/α-hetero) is 1. The Bertz CT molecular complexity index is 400. The Hall–Kier alpha value is -1.06. The molecule has 0 radical (unpaired) electrons. The van der Waals surface area contributed by atoms with Crippen LogP contribution in [0.4, 0.5) is 5.69 Å². The number of rotatable bonds is 2. The van der Waals surface area contributed by atoms with Gasteiger partial charge in [-0.2, -0.15) is 0 Å². The summed E-state index contributed by atoms with van der Waals surface area (Å²) in [5.74, 6) is 0.109. The number of hydrogen-bond donors (Lipinski definition) is 1. The number of ether oxygens (including phenoxy) is 1. The number of anilines is 1. The van der Waals surface area contributed by atoms with Crippen LogP contribution >= 0.6 is 11.6 Å². The molecule has 16 heavy (non-hydrogen) atoms. The van der Waals surface area contributed by atoms with Crippen molar-refractivity contribution in [3.05, 3.63) is 28.8 Å². The normalized spacial score (nSPS) is 17.3. The van der Waals surface area contributed by atoms with Gasteiger partial charge in [-0.3, -0.25) is 4.79 Å². The molecule has 0 amide bonds. The Kier molecular flexibility index (Phi) is 3.46.